The highest BCUT2D eigenvalue weighted by Crippen LogP contribution is 2.34. The monoisotopic (exact) mass is 417 g/mol. The minimum atomic E-state index is 0.347. The van der Waals surface area contributed by atoms with E-state index >= 15 is 0 Å². The first-order valence-corrected chi connectivity index (χ1v) is 7.52. The highest BCUT2D eigenvalue weighted by atomic mass is 127. The van der Waals surface area contributed by atoms with E-state index in [1.54, 1.807) is 13.2 Å². The quantitative estimate of drug-likeness (QED) is 0.341. The SMILES string of the molecule is COc1cc(/C=N/O)cc(I)c1OCc1ccccc1Cl. The van der Waals surface area contributed by atoms with Crippen LogP contribution in [0.1, 0.15) is 11.1 Å². The summed E-state index contributed by atoms with van der Waals surface area (Å²) in [6, 6.07) is 11.1. The minimum absolute atomic E-state index is 0.347. The van der Waals surface area contributed by atoms with Crippen LogP contribution in [0.2, 0.25) is 5.02 Å². The Bertz CT molecular complexity index is 661. The number of rotatable bonds is 5. The predicted octanol–water partition coefficient (Wildman–Crippen LogP) is 4.34. The molecular weight excluding hydrogens is 405 g/mol. The zero-order valence-electron chi connectivity index (χ0n) is 11.2. The number of methoxy groups -OCH3 is 1. The third-order valence-electron chi connectivity index (χ3n) is 2.79. The second kappa shape index (κ2) is 7.51. The molecule has 0 saturated carbocycles. The Hall–Kier alpha value is -1.47. The smallest absolute Gasteiger partial charge is 0.174 e. The molecule has 0 aliphatic heterocycles. The molecule has 2 aromatic rings. The van der Waals surface area contributed by atoms with Gasteiger partial charge in [-0.05, 0) is 40.8 Å². The third-order valence-corrected chi connectivity index (χ3v) is 3.96. The maximum atomic E-state index is 8.61. The molecule has 0 aliphatic carbocycles. The van der Waals surface area contributed by atoms with Crippen LogP contribution in [0.3, 0.4) is 0 Å². The van der Waals surface area contributed by atoms with Gasteiger partial charge in [0, 0.05) is 16.1 Å². The topological polar surface area (TPSA) is 51.0 Å². The molecule has 21 heavy (non-hydrogen) atoms. The number of benzene rings is 2. The van der Waals surface area contributed by atoms with Crippen molar-refractivity contribution in [2.45, 2.75) is 6.61 Å². The lowest BCUT2D eigenvalue weighted by Gasteiger charge is -2.14. The molecule has 0 aromatic heterocycles. The van der Waals surface area contributed by atoms with Crippen molar-refractivity contribution < 1.29 is 14.7 Å². The number of oxime groups is 1. The van der Waals surface area contributed by atoms with Crippen LogP contribution in [0.5, 0.6) is 11.5 Å². The van der Waals surface area contributed by atoms with E-state index in [0.29, 0.717) is 23.1 Å². The van der Waals surface area contributed by atoms with Crippen molar-refractivity contribution in [2.75, 3.05) is 7.11 Å². The lowest BCUT2D eigenvalue weighted by Crippen LogP contribution is -2.01. The molecule has 4 nitrogen and oxygen atoms in total. The number of ether oxygens (including phenoxy) is 2. The molecule has 0 amide bonds. The van der Waals surface area contributed by atoms with Crippen molar-refractivity contribution in [2.24, 2.45) is 5.16 Å². The summed E-state index contributed by atoms with van der Waals surface area (Å²) in [5.74, 6) is 1.21. The molecule has 0 spiro atoms. The number of hydrogen-bond donors (Lipinski definition) is 1. The second-order valence-electron chi connectivity index (χ2n) is 4.16. The molecule has 110 valence electrons. The maximum absolute atomic E-state index is 8.61. The van der Waals surface area contributed by atoms with Crippen LogP contribution in [0.4, 0.5) is 0 Å². The van der Waals surface area contributed by atoms with Gasteiger partial charge in [0.15, 0.2) is 11.5 Å². The molecule has 0 saturated heterocycles. The second-order valence-corrected chi connectivity index (χ2v) is 5.73. The molecule has 1 N–H and O–H groups in total. The predicted molar refractivity (Wildman–Crippen MR) is 90.9 cm³/mol. The van der Waals surface area contributed by atoms with Crippen molar-refractivity contribution in [3.8, 4) is 11.5 Å². The van der Waals surface area contributed by atoms with Crippen LogP contribution in [0, 0.1) is 3.57 Å². The Morgan fingerprint density at radius 3 is 2.76 bits per heavy atom. The Morgan fingerprint density at radius 1 is 1.33 bits per heavy atom. The fraction of sp³-hybridized carbons (Fsp3) is 0.133. The van der Waals surface area contributed by atoms with Gasteiger partial charge in [-0.3, -0.25) is 0 Å². The summed E-state index contributed by atoms with van der Waals surface area (Å²) in [6.07, 6.45) is 1.34. The van der Waals surface area contributed by atoms with E-state index in [0.717, 1.165) is 14.7 Å². The van der Waals surface area contributed by atoms with Crippen LogP contribution in [0.25, 0.3) is 0 Å². The van der Waals surface area contributed by atoms with E-state index < -0.39 is 0 Å². The molecule has 0 fully saturated rings. The summed E-state index contributed by atoms with van der Waals surface area (Å²) in [5.41, 5.74) is 1.63. The van der Waals surface area contributed by atoms with E-state index in [1.165, 1.54) is 6.21 Å². The molecule has 6 heteroatoms. The molecule has 2 rings (SSSR count). The van der Waals surface area contributed by atoms with Crippen LogP contribution in [0.15, 0.2) is 41.6 Å². The average Bonchev–Trinajstić information content (AvgIpc) is 2.47. The fourth-order valence-electron chi connectivity index (χ4n) is 1.79. The number of halogens is 2. The Balaban J connectivity index is 2.25. The van der Waals surface area contributed by atoms with Crippen LogP contribution in [-0.4, -0.2) is 18.5 Å². The third kappa shape index (κ3) is 4.01. The summed E-state index contributed by atoms with van der Waals surface area (Å²) in [5, 5.41) is 12.3. The molecule has 0 atom stereocenters. The molecule has 0 aliphatic rings. The van der Waals surface area contributed by atoms with Gasteiger partial charge in [0.2, 0.25) is 0 Å². The lowest BCUT2D eigenvalue weighted by atomic mass is 10.2. The standard InChI is InChI=1S/C15H13ClINO3/c1-20-14-7-10(8-18-19)6-13(17)15(14)21-9-11-4-2-3-5-12(11)16/h2-8,19H,9H2,1H3/b18-8+. The first-order chi connectivity index (χ1) is 10.2. The van der Waals surface area contributed by atoms with Crippen LogP contribution in [-0.2, 0) is 6.61 Å². The molecule has 0 unspecified atom stereocenters. The van der Waals surface area contributed by atoms with Gasteiger partial charge in [-0.25, -0.2) is 0 Å². The zero-order chi connectivity index (χ0) is 15.2. The van der Waals surface area contributed by atoms with Gasteiger partial charge in [0.25, 0.3) is 0 Å². The minimum Gasteiger partial charge on any atom is -0.493 e. The Morgan fingerprint density at radius 2 is 2.10 bits per heavy atom. The zero-order valence-corrected chi connectivity index (χ0v) is 14.1. The Labute approximate surface area is 141 Å². The van der Waals surface area contributed by atoms with Gasteiger partial charge >= 0.3 is 0 Å². The van der Waals surface area contributed by atoms with Gasteiger partial charge in [-0.2, -0.15) is 0 Å². The van der Waals surface area contributed by atoms with Gasteiger partial charge in [0.1, 0.15) is 6.61 Å². The molecule has 0 heterocycles. The lowest BCUT2D eigenvalue weighted by molar-refractivity contribution is 0.282. The summed E-state index contributed by atoms with van der Waals surface area (Å²) in [4.78, 5) is 0. The van der Waals surface area contributed by atoms with Gasteiger partial charge in [-0.1, -0.05) is 35.0 Å². The number of nitrogens with zero attached hydrogens (tertiary/aromatic N) is 1. The van der Waals surface area contributed by atoms with Crippen molar-refractivity contribution in [3.05, 3.63) is 56.1 Å². The van der Waals surface area contributed by atoms with E-state index in [9.17, 15) is 0 Å². The Kier molecular flexibility index (Phi) is 5.69. The highest BCUT2D eigenvalue weighted by Gasteiger charge is 2.12. The molecule has 0 bridgehead atoms. The van der Waals surface area contributed by atoms with E-state index in [2.05, 4.69) is 27.7 Å². The largest absolute Gasteiger partial charge is 0.493 e. The summed E-state index contributed by atoms with van der Waals surface area (Å²) in [7, 11) is 1.56. The van der Waals surface area contributed by atoms with E-state index in [4.69, 9.17) is 26.3 Å². The first-order valence-electron chi connectivity index (χ1n) is 6.07. The van der Waals surface area contributed by atoms with Crippen LogP contribution >= 0.6 is 34.2 Å². The van der Waals surface area contributed by atoms with Crippen molar-refractivity contribution in [3.63, 3.8) is 0 Å². The molecule has 2 aromatic carbocycles. The van der Waals surface area contributed by atoms with Crippen LogP contribution < -0.4 is 9.47 Å². The summed E-state index contributed by atoms with van der Waals surface area (Å²) >= 11 is 8.26. The van der Waals surface area contributed by atoms with Crippen molar-refractivity contribution in [1.82, 2.24) is 0 Å². The highest BCUT2D eigenvalue weighted by molar-refractivity contribution is 14.1. The van der Waals surface area contributed by atoms with E-state index in [-0.39, 0.29) is 0 Å². The maximum Gasteiger partial charge on any atom is 0.174 e. The molecule has 0 radical (unpaired) electrons. The average molecular weight is 418 g/mol. The number of hydrogen-bond acceptors (Lipinski definition) is 4. The van der Waals surface area contributed by atoms with Gasteiger partial charge in [0.05, 0.1) is 16.9 Å². The van der Waals surface area contributed by atoms with Gasteiger partial charge < -0.3 is 14.7 Å². The van der Waals surface area contributed by atoms with Gasteiger partial charge in [-0.15, -0.1) is 0 Å². The van der Waals surface area contributed by atoms with Crippen molar-refractivity contribution in [1.29, 1.82) is 0 Å². The van der Waals surface area contributed by atoms with E-state index in [1.807, 2.05) is 30.3 Å². The first kappa shape index (κ1) is 15.9. The molecular formula is C15H13ClINO3. The normalized spacial score (nSPS) is 10.8. The fourth-order valence-corrected chi connectivity index (χ4v) is 2.76. The summed E-state index contributed by atoms with van der Waals surface area (Å²) in [6.45, 7) is 0.347. The summed E-state index contributed by atoms with van der Waals surface area (Å²) < 4.78 is 12.0. The van der Waals surface area contributed by atoms with Crippen molar-refractivity contribution >= 4 is 40.4 Å².